The maximum atomic E-state index is 12.2. The first-order valence-electron chi connectivity index (χ1n) is 6.07. The molecule has 2 rings (SSSR count). The zero-order chi connectivity index (χ0) is 14.0. The van der Waals surface area contributed by atoms with Crippen LogP contribution in [0.1, 0.15) is 23.2 Å². The summed E-state index contributed by atoms with van der Waals surface area (Å²) in [6.07, 6.45) is 1.35. The molecule has 1 aromatic carbocycles. The number of nitrogens with two attached hydrogens (primary N) is 1. The van der Waals surface area contributed by atoms with Crippen LogP contribution in [0.3, 0.4) is 0 Å². The van der Waals surface area contributed by atoms with E-state index < -0.39 is 19.1 Å². The van der Waals surface area contributed by atoms with E-state index in [0.29, 0.717) is 24.0 Å². The number of carbonyl (C=O) groups excluding carboxylic acids is 2. The molecule has 0 saturated carbocycles. The predicted octanol–water partition coefficient (Wildman–Crippen LogP) is -1.54. The van der Waals surface area contributed by atoms with Gasteiger partial charge >= 0.3 is 7.12 Å². The molecule has 0 unspecified atom stereocenters. The van der Waals surface area contributed by atoms with Crippen molar-refractivity contribution < 1.29 is 19.6 Å². The monoisotopic (exact) mass is 262 g/mol. The van der Waals surface area contributed by atoms with Crippen LogP contribution in [0, 0.1) is 0 Å². The van der Waals surface area contributed by atoms with Crippen LogP contribution in [-0.4, -0.2) is 46.5 Å². The van der Waals surface area contributed by atoms with Crippen LogP contribution in [0.25, 0.3) is 0 Å². The van der Waals surface area contributed by atoms with Crippen LogP contribution in [0.2, 0.25) is 0 Å². The molecule has 1 aliphatic heterocycles. The Labute approximate surface area is 111 Å². The molecule has 0 radical (unpaired) electrons. The molecule has 0 aromatic heterocycles. The highest BCUT2D eigenvalue weighted by Gasteiger charge is 2.33. The van der Waals surface area contributed by atoms with Gasteiger partial charge in [-0.2, -0.15) is 0 Å². The third-order valence-electron chi connectivity index (χ3n) is 3.30. The summed E-state index contributed by atoms with van der Waals surface area (Å²) in [4.78, 5) is 25.0. The largest absolute Gasteiger partial charge is 0.488 e. The van der Waals surface area contributed by atoms with Gasteiger partial charge in [0.1, 0.15) is 6.04 Å². The average Bonchev–Trinajstić information content (AvgIpc) is 2.87. The van der Waals surface area contributed by atoms with E-state index in [9.17, 15) is 9.59 Å². The third kappa shape index (κ3) is 2.77. The standard InChI is InChI=1S/C12H15BN2O4/c14-11(16)10-2-1-7-15(10)12(17)8-3-5-9(6-4-8)13(18)19/h3-6,10,18-19H,1-2,7H2,(H2,14,16)/t10-/m1/s1. The fraction of sp³-hybridized carbons (Fsp3) is 0.333. The molecule has 0 spiro atoms. The fourth-order valence-electron chi connectivity index (χ4n) is 2.27. The molecule has 19 heavy (non-hydrogen) atoms. The number of nitrogens with zero attached hydrogens (tertiary/aromatic N) is 1. The molecule has 6 nitrogen and oxygen atoms in total. The average molecular weight is 262 g/mol. The molecule has 1 atom stereocenters. The molecule has 7 heteroatoms. The van der Waals surface area contributed by atoms with Crippen LogP contribution in [0.4, 0.5) is 0 Å². The molecule has 1 fully saturated rings. The minimum Gasteiger partial charge on any atom is -0.423 e. The Morgan fingerprint density at radius 3 is 2.42 bits per heavy atom. The molecule has 100 valence electrons. The zero-order valence-corrected chi connectivity index (χ0v) is 10.3. The van der Waals surface area contributed by atoms with Gasteiger partial charge in [-0.25, -0.2) is 0 Å². The van der Waals surface area contributed by atoms with Crippen molar-refractivity contribution >= 4 is 24.4 Å². The van der Waals surface area contributed by atoms with E-state index >= 15 is 0 Å². The molecule has 0 bridgehead atoms. The summed E-state index contributed by atoms with van der Waals surface area (Å²) in [5.41, 5.74) is 5.98. The molecule has 1 saturated heterocycles. The number of amides is 2. The van der Waals surface area contributed by atoms with Gasteiger partial charge in [0.15, 0.2) is 0 Å². The Balaban J connectivity index is 2.17. The number of hydrogen-bond acceptors (Lipinski definition) is 4. The summed E-state index contributed by atoms with van der Waals surface area (Å²) >= 11 is 0. The van der Waals surface area contributed by atoms with Crippen LogP contribution < -0.4 is 11.2 Å². The van der Waals surface area contributed by atoms with Crippen LogP contribution in [0.15, 0.2) is 24.3 Å². The maximum Gasteiger partial charge on any atom is 0.488 e. The molecule has 1 heterocycles. The molecule has 0 aliphatic carbocycles. The van der Waals surface area contributed by atoms with Crippen LogP contribution >= 0.6 is 0 Å². The topological polar surface area (TPSA) is 104 Å². The van der Waals surface area contributed by atoms with Crippen LogP contribution in [0.5, 0.6) is 0 Å². The SMILES string of the molecule is NC(=O)[C@H]1CCCN1C(=O)c1ccc(B(O)O)cc1. The zero-order valence-electron chi connectivity index (χ0n) is 10.3. The van der Waals surface area contributed by atoms with E-state index in [0.717, 1.165) is 6.42 Å². The molecular formula is C12H15BN2O4. The summed E-state index contributed by atoms with van der Waals surface area (Å²) in [5, 5.41) is 18.0. The van der Waals surface area contributed by atoms with E-state index in [1.807, 2.05) is 0 Å². The lowest BCUT2D eigenvalue weighted by atomic mass is 9.80. The summed E-state index contributed by atoms with van der Waals surface area (Å²) in [5.74, 6) is -0.756. The Bertz CT molecular complexity index is 489. The maximum absolute atomic E-state index is 12.2. The predicted molar refractivity (Wildman–Crippen MR) is 69.5 cm³/mol. The van der Waals surface area contributed by atoms with Crippen molar-refractivity contribution in [2.45, 2.75) is 18.9 Å². The second-order valence-electron chi connectivity index (χ2n) is 4.55. The van der Waals surface area contributed by atoms with E-state index in [4.69, 9.17) is 15.8 Å². The minimum atomic E-state index is -1.56. The van der Waals surface area contributed by atoms with Crippen molar-refractivity contribution in [3.05, 3.63) is 29.8 Å². The smallest absolute Gasteiger partial charge is 0.423 e. The van der Waals surface area contributed by atoms with Gasteiger partial charge in [0.25, 0.3) is 5.91 Å². The number of likely N-dealkylation sites (tertiary alicyclic amines) is 1. The van der Waals surface area contributed by atoms with E-state index in [1.165, 1.54) is 29.2 Å². The second kappa shape index (κ2) is 5.42. The Morgan fingerprint density at radius 1 is 1.26 bits per heavy atom. The molecular weight excluding hydrogens is 247 g/mol. The van der Waals surface area contributed by atoms with Gasteiger partial charge in [-0.1, -0.05) is 12.1 Å². The van der Waals surface area contributed by atoms with Crippen molar-refractivity contribution in [1.82, 2.24) is 4.90 Å². The number of primary amides is 1. The lowest BCUT2D eigenvalue weighted by Crippen LogP contribution is -2.43. The van der Waals surface area contributed by atoms with Gasteiger partial charge in [-0.05, 0) is 30.4 Å². The summed E-state index contributed by atoms with van der Waals surface area (Å²) < 4.78 is 0. The number of hydrogen-bond donors (Lipinski definition) is 3. The highest BCUT2D eigenvalue weighted by molar-refractivity contribution is 6.58. The fourth-order valence-corrected chi connectivity index (χ4v) is 2.27. The number of benzene rings is 1. The first kappa shape index (κ1) is 13.6. The Kier molecular flexibility index (Phi) is 3.87. The first-order valence-corrected chi connectivity index (χ1v) is 6.07. The van der Waals surface area contributed by atoms with Crippen molar-refractivity contribution in [3.63, 3.8) is 0 Å². The van der Waals surface area contributed by atoms with E-state index in [1.54, 1.807) is 0 Å². The van der Waals surface area contributed by atoms with Gasteiger partial charge in [-0.15, -0.1) is 0 Å². The van der Waals surface area contributed by atoms with Gasteiger partial charge in [0, 0.05) is 12.1 Å². The normalized spacial score (nSPS) is 18.4. The van der Waals surface area contributed by atoms with Crippen LogP contribution in [-0.2, 0) is 4.79 Å². The summed E-state index contributed by atoms with van der Waals surface area (Å²) in [7, 11) is -1.56. The van der Waals surface area contributed by atoms with Gasteiger partial charge < -0.3 is 20.7 Å². The van der Waals surface area contributed by atoms with Gasteiger partial charge in [0.2, 0.25) is 5.91 Å². The van der Waals surface area contributed by atoms with Crippen molar-refractivity contribution in [2.24, 2.45) is 5.73 Å². The molecule has 1 aliphatic rings. The molecule has 4 N–H and O–H groups in total. The van der Waals surface area contributed by atoms with Gasteiger partial charge in [-0.3, -0.25) is 9.59 Å². The van der Waals surface area contributed by atoms with Crippen molar-refractivity contribution in [1.29, 1.82) is 0 Å². The summed E-state index contributed by atoms with van der Waals surface area (Å²) in [6.45, 7) is 0.511. The second-order valence-corrected chi connectivity index (χ2v) is 4.55. The molecule has 1 aromatic rings. The Hall–Kier alpha value is -1.86. The van der Waals surface area contributed by atoms with E-state index in [-0.39, 0.29) is 5.91 Å². The third-order valence-corrected chi connectivity index (χ3v) is 3.30. The highest BCUT2D eigenvalue weighted by Crippen LogP contribution is 2.19. The quantitative estimate of drug-likeness (QED) is 0.574. The highest BCUT2D eigenvalue weighted by atomic mass is 16.4. The summed E-state index contributed by atoms with van der Waals surface area (Å²) in [6, 6.07) is 5.40. The first-order chi connectivity index (χ1) is 9.00. The lowest BCUT2D eigenvalue weighted by molar-refractivity contribution is -0.121. The minimum absolute atomic E-state index is 0.264. The molecule has 2 amide bonds. The van der Waals surface area contributed by atoms with E-state index in [2.05, 4.69) is 0 Å². The lowest BCUT2D eigenvalue weighted by Gasteiger charge is -2.22. The number of carbonyl (C=O) groups is 2. The van der Waals surface area contributed by atoms with Crippen molar-refractivity contribution in [2.75, 3.05) is 6.54 Å². The Morgan fingerprint density at radius 2 is 1.89 bits per heavy atom. The van der Waals surface area contributed by atoms with Crippen molar-refractivity contribution in [3.8, 4) is 0 Å². The van der Waals surface area contributed by atoms with Gasteiger partial charge in [0.05, 0.1) is 0 Å². The number of rotatable bonds is 3.